The number of hydrogen-bond donors (Lipinski definition) is 0. The molecule has 0 unspecified atom stereocenters. The topological polar surface area (TPSA) is 8.17 Å². The van der Waals surface area contributed by atoms with Gasteiger partial charge in [0.1, 0.15) is 0 Å². The van der Waals surface area contributed by atoms with Crippen molar-refractivity contribution in [2.45, 2.75) is 0 Å². The summed E-state index contributed by atoms with van der Waals surface area (Å²) in [4.78, 5) is 2.43. The molecule has 0 atom stereocenters. The van der Waals surface area contributed by atoms with Crippen LogP contribution >= 0.6 is 11.3 Å². The lowest BCUT2D eigenvalue weighted by molar-refractivity contribution is 1.18. The molecule has 3 heteroatoms. The molecule has 0 saturated carbocycles. The van der Waals surface area contributed by atoms with Crippen molar-refractivity contribution in [2.75, 3.05) is 4.90 Å². The fourth-order valence-electron chi connectivity index (χ4n) is 9.30. The summed E-state index contributed by atoms with van der Waals surface area (Å²) < 4.78 is 4.99. The molecule has 276 valence electrons. The number of nitrogens with zero attached hydrogens (tertiary/aromatic N) is 2. The second-order valence-electron chi connectivity index (χ2n) is 15.3. The normalized spacial score (nSPS) is 11.7. The maximum absolute atomic E-state index is 2.43. The van der Waals surface area contributed by atoms with Crippen molar-refractivity contribution in [3.8, 4) is 27.9 Å². The van der Waals surface area contributed by atoms with Crippen LogP contribution in [0.1, 0.15) is 0 Å². The number of thiophene rings is 1. The molecule has 0 bridgehead atoms. The van der Waals surface area contributed by atoms with Crippen LogP contribution in [0.4, 0.5) is 17.1 Å². The maximum atomic E-state index is 2.43. The molecule has 0 aliphatic rings. The van der Waals surface area contributed by atoms with Crippen LogP contribution in [0.25, 0.3) is 91.5 Å². The Balaban J connectivity index is 1.08. The Bertz CT molecular complexity index is 3520. The molecule has 10 aromatic carbocycles. The van der Waals surface area contributed by atoms with E-state index in [0.29, 0.717) is 0 Å². The molecule has 0 amide bonds. The number of benzene rings is 10. The average Bonchev–Trinajstić information content (AvgIpc) is 3.85. The van der Waals surface area contributed by atoms with Crippen LogP contribution in [0.15, 0.2) is 218 Å². The third-order valence-electron chi connectivity index (χ3n) is 11.9. The fraction of sp³-hybridized carbons (Fsp3) is 0. The van der Waals surface area contributed by atoms with E-state index in [9.17, 15) is 0 Å². The minimum atomic E-state index is 1.11. The van der Waals surface area contributed by atoms with E-state index in [0.717, 1.165) is 22.7 Å². The van der Waals surface area contributed by atoms with E-state index in [1.54, 1.807) is 0 Å². The second-order valence-corrected chi connectivity index (χ2v) is 16.3. The number of aromatic nitrogens is 1. The molecule has 0 fully saturated rings. The maximum Gasteiger partial charge on any atom is 0.0541 e. The van der Waals surface area contributed by atoms with Crippen LogP contribution in [0.3, 0.4) is 0 Å². The Labute approximate surface area is 346 Å². The first kappa shape index (κ1) is 33.7. The van der Waals surface area contributed by atoms with Crippen LogP contribution in [0.2, 0.25) is 0 Å². The molecule has 0 radical (unpaired) electrons. The molecule has 59 heavy (non-hydrogen) atoms. The molecule has 2 aromatic heterocycles. The molecule has 2 nitrogen and oxygen atoms in total. The summed E-state index contributed by atoms with van der Waals surface area (Å²) in [5.41, 5.74) is 11.7. The van der Waals surface area contributed by atoms with Crippen molar-refractivity contribution in [3.05, 3.63) is 218 Å². The van der Waals surface area contributed by atoms with Gasteiger partial charge in [0.05, 0.1) is 11.0 Å². The van der Waals surface area contributed by atoms with Crippen molar-refractivity contribution in [1.29, 1.82) is 0 Å². The standard InChI is InChI=1S/C56H36N2S/c1-2-18-40(19-3-1)57(41-20-12-16-38(33-41)45-26-14-27-46-44-22-5-4-15-37(44)31-32-47(45)46)43-35-51(56-52(36-43)50-25-8-11-30-55(50)59-56)39-17-13-21-42(34-39)58-53-28-9-6-23-48(53)49-24-7-10-29-54(49)58/h1-36H. The van der Waals surface area contributed by atoms with E-state index in [-0.39, 0.29) is 0 Å². The van der Waals surface area contributed by atoms with E-state index in [2.05, 4.69) is 228 Å². The Hall–Kier alpha value is -7.46. The van der Waals surface area contributed by atoms with Crippen molar-refractivity contribution >= 4 is 91.9 Å². The van der Waals surface area contributed by atoms with Crippen LogP contribution in [0, 0.1) is 0 Å². The van der Waals surface area contributed by atoms with E-state index < -0.39 is 0 Å². The second kappa shape index (κ2) is 13.6. The molecule has 0 aliphatic carbocycles. The van der Waals surface area contributed by atoms with Crippen LogP contribution in [-0.2, 0) is 0 Å². The number of anilines is 3. The zero-order valence-electron chi connectivity index (χ0n) is 32.1. The zero-order chi connectivity index (χ0) is 38.9. The van der Waals surface area contributed by atoms with Gasteiger partial charge in [-0.1, -0.05) is 152 Å². The first-order valence-corrected chi connectivity index (χ1v) is 21.0. The molecule has 12 aromatic rings. The van der Waals surface area contributed by atoms with Gasteiger partial charge in [-0.05, 0) is 105 Å². The Morgan fingerprint density at radius 3 is 1.78 bits per heavy atom. The lowest BCUT2D eigenvalue weighted by Gasteiger charge is -2.27. The van der Waals surface area contributed by atoms with Gasteiger partial charge in [-0.25, -0.2) is 0 Å². The summed E-state index contributed by atoms with van der Waals surface area (Å²) >= 11 is 1.88. The quantitative estimate of drug-likeness (QED) is 0.153. The van der Waals surface area contributed by atoms with Gasteiger partial charge >= 0.3 is 0 Å². The summed E-state index contributed by atoms with van der Waals surface area (Å²) in [7, 11) is 0. The predicted octanol–water partition coefficient (Wildman–Crippen LogP) is 16.3. The average molecular weight is 769 g/mol. The Kier molecular flexibility index (Phi) is 7.75. The third kappa shape index (κ3) is 5.47. The van der Waals surface area contributed by atoms with Gasteiger partial charge in [0, 0.05) is 59.3 Å². The molecular formula is C56H36N2S. The first-order valence-electron chi connectivity index (χ1n) is 20.2. The molecule has 0 saturated heterocycles. The summed E-state index contributed by atoms with van der Waals surface area (Å²) in [6.07, 6.45) is 0. The highest BCUT2D eigenvalue weighted by atomic mass is 32.1. The lowest BCUT2D eigenvalue weighted by Crippen LogP contribution is -2.10. The number of rotatable bonds is 6. The van der Waals surface area contributed by atoms with Crippen LogP contribution in [0.5, 0.6) is 0 Å². The SMILES string of the molecule is c1ccc(N(c2cccc(-c3cccc4c3ccc3ccccc34)c2)c2cc(-c3cccc(-n4c5ccccc5c5ccccc54)c3)c3sc4ccccc4c3c2)cc1. The number of hydrogen-bond acceptors (Lipinski definition) is 2. The summed E-state index contributed by atoms with van der Waals surface area (Å²) in [6.45, 7) is 0. The van der Waals surface area contributed by atoms with E-state index in [1.165, 1.54) is 85.8 Å². The van der Waals surface area contributed by atoms with Crippen molar-refractivity contribution in [2.24, 2.45) is 0 Å². The highest BCUT2D eigenvalue weighted by Crippen LogP contribution is 2.47. The molecule has 2 heterocycles. The van der Waals surface area contributed by atoms with E-state index >= 15 is 0 Å². The molecule has 0 N–H and O–H groups in total. The zero-order valence-corrected chi connectivity index (χ0v) is 32.9. The minimum absolute atomic E-state index is 1.11. The van der Waals surface area contributed by atoms with E-state index in [4.69, 9.17) is 0 Å². The molecule has 0 aliphatic heterocycles. The third-order valence-corrected chi connectivity index (χ3v) is 13.2. The van der Waals surface area contributed by atoms with Crippen molar-refractivity contribution in [1.82, 2.24) is 4.57 Å². The summed E-state index contributed by atoms with van der Waals surface area (Å²) in [5.74, 6) is 0. The van der Waals surface area contributed by atoms with Crippen molar-refractivity contribution < 1.29 is 0 Å². The molecule has 12 rings (SSSR count). The highest BCUT2D eigenvalue weighted by Gasteiger charge is 2.20. The van der Waals surface area contributed by atoms with E-state index in [1.807, 2.05) is 11.3 Å². The van der Waals surface area contributed by atoms with Crippen LogP contribution < -0.4 is 4.90 Å². The van der Waals surface area contributed by atoms with Crippen molar-refractivity contribution in [3.63, 3.8) is 0 Å². The lowest BCUT2D eigenvalue weighted by atomic mass is 9.94. The summed E-state index contributed by atoms with van der Waals surface area (Å²) in [6, 6.07) is 80.0. The summed E-state index contributed by atoms with van der Waals surface area (Å²) in [5, 5.41) is 10.1. The Morgan fingerprint density at radius 2 is 0.966 bits per heavy atom. The van der Waals surface area contributed by atoms with Gasteiger partial charge in [-0.15, -0.1) is 11.3 Å². The fourth-order valence-corrected chi connectivity index (χ4v) is 10.5. The largest absolute Gasteiger partial charge is 0.310 e. The Morgan fingerprint density at radius 1 is 0.339 bits per heavy atom. The molecule has 0 spiro atoms. The van der Waals surface area contributed by atoms with Gasteiger partial charge < -0.3 is 9.47 Å². The van der Waals surface area contributed by atoms with Gasteiger partial charge in [-0.3, -0.25) is 0 Å². The van der Waals surface area contributed by atoms with Gasteiger partial charge in [0.25, 0.3) is 0 Å². The minimum Gasteiger partial charge on any atom is -0.310 e. The van der Waals surface area contributed by atoms with Gasteiger partial charge in [-0.2, -0.15) is 0 Å². The smallest absolute Gasteiger partial charge is 0.0541 e. The number of para-hydroxylation sites is 3. The van der Waals surface area contributed by atoms with Gasteiger partial charge in [0.15, 0.2) is 0 Å². The predicted molar refractivity (Wildman–Crippen MR) is 254 cm³/mol. The first-order chi connectivity index (χ1) is 29.3. The monoisotopic (exact) mass is 768 g/mol. The van der Waals surface area contributed by atoms with Crippen LogP contribution in [-0.4, -0.2) is 4.57 Å². The highest BCUT2D eigenvalue weighted by molar-refractivity contribution is 7.26. The molecular weight excluding hydrogens is 733 g/mol. The van der Waals surface area contributed by atoms with Gasteiger partial charge in [0.2, 0.25) is 0 Å². The number of fused-ring (bicyclic) bond motifs is 9.